The molecule has 0 heterocycles. The van der Waals surface area contributed by atoms with E-state index in [4.69, 9.17) is 0 Å². The van der Waals surface area contributed by atoms with Crippen molar-refractivity contribution in [1.29, 1.82) is 0 Å². The van der Waals surface area contributed by atoms with Crippen molar-refractivity contribution in [2.75, 3.05) is 5.32 Å². The number of para-hydroxylation sites is 1. The minimum absolute atomic E-state index is 0.0630. The van der Waals surface area contributed by atoms with Crippen LogP contribution in [0.1, 0.15) is 71.3 Å². The zero-order valence-corrected chi connectivity index (χ0v) is 15.2. The molecule has 1 saturated carbocycles. The summed E-state index contributed by atoms with van der Waals surface area (Å²) >= 11 is 0. The Hall–Kier alpha value is -1.84. The quantitative estimate of drug-likeness (QED) is 0.643. The van der Waals surface area contributed by atoms with E-state index in [9.17, 15) is 9.59 Å². The van der Waals surface area contributed by atoms with Crippen LogP contribution in [0.15, 0.2) is 24.3 Å². The van der Waals surface area contributed by atoms with Crippen molar-refractivity contribution in [2.24, 2.45) is 0 Å². The predicted octanol–water partition coefficient (Wildman–Crippen LogP) is 4.15. The van der Waals surface area contributed by atoms with E-state index < -0.39 is 0 Å². The zero-order chi connectivity index (χ0) is 17.6. The molecule has 1 aromatic carbocycles. The molecule has 0 aliphatic heterocycles. The van der Waals surface area contributed by atoms with Gasteiger partial charge in [-0.1, -0.05) is 64.7 Å². The summed E-state index contributed by atoms with van der Waals surface area (Å²) in [5, 5.41) is 5.92. The molecular weight excluding hydrogens is 300 g/mol. The topological polar surface area (TPSA) is 58.2 Å². The summed E-state index contributed by atoms with van der Waals surface area (Å²) in [7, 11) is 0. The molecular formula is C20H30N2O2. The number of nitrogens with one attached hydrogen (secondary N) is 2. The second kappa shape index (κ2) is 8.32. The summed E-state index contributed by atoms with van der Waals surface area (Å²) in [5.41, 5.74) is 1.80. The van der Waals surface area contributed by atoms with Gasteiger partial charge in [0.05, 0.1) is 0 Å². The molecule has 0 radical (unpaired) electrons. The number of carbonyl (C=O) groups is 2. The minimum atomic E-state index is -0.252. The predicted molar refractivity (Wildman–Crippen MR) is 98.0 cm³/mol. The molecule has 0 spiro atoms. The highest BCUT2D eigenvalue weighted by molar-refractivity contribution is 6.04. The summed E-state index contributed by atoms with van der Waals surface area (Å²) in [6, 6.07) is 8.00. The lowest BCUT2D eigenvalue weighted by atomic mass is 9.86. The second-order valence-corrected chi connectivity index (χ2v) is 7.78. The fraction of sp³-hybridized carbons (Fsp3) is 0.600. The molecule has 1 aromatic rings. The molecule has 0 atom stereocenters. The van der Waals surface area contributed by atoms with Crippen LogP contribution in [0.5, 0.6) is 0 Å². The second-order valence-electron chi connectivity index (χ2n) is 7.78. The van der Waals surface area contributed by atoms with E-state index >= 15 is 0 Å². The smallest absolute Gasteiger partial charge is 0.233 e. The lowest BCUT2D eigenvalue weighted by Gasteiger charge is -2.23. The van der Waals surface area contributed by atoms with E-state index in [1.165, 1.54) is 12.8 Å². The van der Waals surface area contributed by atoms with Crippen molar-refractivity contribution in [3.05, 3.63) is 29.8 Å². The Morgan fingerprint density at radius 2 is 1.62 bits per heavy atom. The average Bonchev–Trinajstić information content (AvgIpc) is 2.75. The Bertz CT molecular complexity index is 567. The summed E-state index contributed by atoms with van der Waals surface area (Å²) in [5.74, 6) is -0.425. The van der Waals surface area contributed by atoms with Crippen LogP contribution >= 0.6 is 0 Å². The van der Waals surface area contributed by atoms with Gasteiger partial charge in [-0.15, -0.1) is 0 Å². The molecule has 132 valence electrons. The number of hydrogen-bond donors (Lipinski definition) is 2. The van der Waals surface area contributed by atoms with E-state index in [0.29, 0.717) is 0 Å². The third-order valence-electron chi connectivity index (χ3n) is 4.55. The maximum Gasteiger partial charge on any atom is 0.233 e. The first-order valence-electron chi connectivity index (χ1n) is 9.05. The molecule has 2 amide bonds. The first-order chi connectivity index (χ1) is 11.4. The number of amides is 2. The van der Waals surface area contributed by atoms with Crippen LogP contribution in [-0.4, -0.2) is 17.9 Å². The maximum absolute atomic E-state index is 12.2. The Morgan fingerprint density at radius 1 is 1.00 bits per heavy atom. The molecule has 2 N–H and O–H groups in total. The summed E-state index contributed by atoms with van der Waals surface area (Å²) in [4.78, 5) is 24.4. The number of benzene rings is 1. The summed E-state index contributed by atoms with van der Waals surface area (Å²) < 4.78 is 0. The molecule has 0 saturated heterocycles. The van der Waals surface area contributed by atoms with Crippen LogP contribution in [0.2, 0.25) is 0 Å². The Kier molecular flexibility index (Phi) is 6.41. The fourth-order valence-electron chi connectivity index (χ4n) is 3.29. The number of anilines is 1. The van der Waals surface area contributed by atoms with E-state index in [1.807, 2.05) is 24.3 Å². The molecule has 0 bridgehead atoms. The average molecular weight is 330 g/mol. The molecule has 4 nitrogen and oxygen atoms in total. The van der Waals surface area contributed by atoms with Crippen LogP contribution in [0, 0.1) is 0 Å². The SMILES string of the molecule is CC(C)(C)c1ccccc1NC(=O)CC(=O)NC1CCCCCC1. The zero-order valence-electron chi connectivity index (χ0n) is 15.2. The van der Waals surface area contributed by atoms with Crippen LogP contribution in [0.3, 0.4) is 0 Å². The van der Waals surface area contributed by atoms with Crippen LogP contribution < -0.4 is 10.6 Å². The lowest BCUT2D eigenvalue weighted by molar-refractivity contribution is -0.127. The van der Waals surface area contributed by atoms with Gasteiger partial charge in [-0.2, -0.15) is 0 Å². The van der Waals surface area contributed by atoms with E-state index in [1.54, 1.807) is 0 Å². The summed E-state index contributed by atoms with van der Waals surface area (Å²) in [6.45, 7) is 6.32. The normalized spacial score (nSPS) is 16.3. The molecule has 0 aromatic heterocycles. The molecule has 4 heteroatoms. The van der Waals surface area contributed by atoms with Crippen LogP contribution in [-0.2, 0) is 15.0 Å². The van der Waals surface area contributed by atoms with Gasteiger partial charge in [0, 0.05) is 11.7 Å². The van der Waals surface area contributed by atoms with Gasteiger partial charge >= 0.3 is 0 Å². The Morgan fingerprint density at radius 3 is 2.25 bits per heavy atom. The van der Waals surface area contributed by atoms with Gasteiger partial charge < -0.3 is 10.6 Å². The van der Waals surface area contributed by atoms with Crippen molar-refractivity contribution < 1.29 is 9.59 Å². The van der Waals surface area contributed by atoms with Gasteiger partial charge in [0.2, 0.25) is 11.8 Å². The Labute approximate surface area is 145 Å². The third kappa shape index (κ3) is 5.66. The van der Waals surface area contributed by atoms with Crippen molar-refractivity contribution in [2.45, 2.75) is 77.2 Å². The molecule has 1 aliphatic carbocycles. The largest absolute Gasteiger partial charge is 0.353 e. The first kappa shape index (κ1) is 18.5. The van der Waals surface area contributed by atoms with Crippen molar-refractivity contribution in [3.63, 3.8) is 0 Å². The number of hydrogen-bond acceptors (Lipinski definition) is 2. The van der Waals surface area contributed by atoms with Gasteiger partial charge in [0.15, 0.2) is 0 Å². The van der Waals surface area contributed by atoms with Gasteiger partial charge in [-0.25, -0.2) is 0 Å². The maximum atomic E-state index is 12.2. The Balaban J connectivity index is 1.90. The van der Waals surface area contributed by atoms with Crippen LogP contribution in [0.4, 0.5) is 5.69 Å². The standard InChI is InChI=1S/C20H30N2O2/c1-20(2,3)16-12-8-9-13-17(16)22-19(24)14-18(23)21-15-10-6-4-5-7-11-15/h8-9,12-13,15H,4-7,10-11,14H2,1-3H3,(H,21,23)(H,22,24). The van der Waals surface area contributed by atoms with Crippen molar-refractivity contribution >= 4 is 17.5 Å². The van der Waals surface area contributed by atoms with Gasteiger partial charge in [0.25, 0.3) is 0 Å². The molecule has 0 unspecified atom stereocenters. The minimum Gasteiger partial charge on any atom is -0.353 e. The highest BCUT2D eigenvalue weighted by Crippen LogP contribution is 2.29. The van der Waals surface area contributed by atoms with Crippen LogP contribution in [0.25, 0.3) is 0 Å². The van der Waals surface area contributed by atoms with Gasteiger partial charge in [-0.3, -0.25) is 9.59 Å². The number of rotatable bonds is 4. The highest BCUT2D eigenvalue weighted by atomic mass is 16.2. The lowest BCUT2D eigenvalue weighted by Crippen LogP contribution is -2.36. The first-order valence-corrected chi connectivity index (χ1v) is 9.05. The molecule has 24 heavy (non-hydrogen) atoms. The van der Waals surface area contributed by atoms with Gasteiger partial charge in [0.1, 0.15) is 6.42 Å². The summed E-state index contributed by atoms with van der Waals surface area (Å²) in [6.07, 6.45) is 6.76. The molecule has 1 fully saturated rings. The number of carbonyl (C=O) groups excluding carboxylic acids is 2. The fourth-order valence-corrected chi connectivity index (χ4v) is 3.29. The van der Waals surface area contributed by atoms with E-state index in [2.05, 4.69) is 31.4 Å². The van der Waals surface area contributed by atoms with E-state index in [0.717, 1.165) is 36.9 Å². The molecule has 2 rings (SSSR count). The molecule has 1 aliphatic rings. The van der Waals surface area contributed by atoms with Gasteiger partial charge in [-0.05, 0) is 29.9 Å². The van der Waals surface area contributed by atoms with Crippen molar-refractivity contribution in [3.8, 4) is 0 Å². The van der Waals surface area contributed by atoms with Crippen molar-refractivity contribution in [1.82, 2.24) is 5.32 Å². The third-order valence-corrected chi connectivity index (χ3v) is 4.55. The monoisotopic (exact) mass is 330 g/mol. The van der Waals surface area contributed by atoms with E-state index in [-0.39, 0.29) is 29.7 Å². The highest BCUT2D eigenvalue weighted by Gasteiger charge is 2.20.